The average molecular weight is 483 g/mol. The van der Waals surface area contributed by atoms with E-state index >= 15 is 0 Å². The summed E-state index contributed by atoms with van der Waals surface area (Å²) < 4.78 is 13.9. The van der Waals surface area contributed by atoms with Crippen molar-refractivity contribution in [2.24, 2.45) is 0 Å². The van der Waals surface area contributed by atoms with E-state index in [1.807, 2.05) is 60.7 Å². The van der Waals surface area contributed by atoms with E-state index in [1.54, 1.807) is 18.2 Å². The van der Waals surface area contributed by atoms with E-state index in [0.29, 0.717) is 25.8 Å². The molecule has 3 aromatic rings. The summed E-state index contributed by atoms with van der Waals surface area (Å²) in [5, 5.41) is 4.28. The second-order valence-electron chi connectivity index (χ2n) is 6.10. The molecule has 0 aromatic heterocycles. The average Bonchev–Trinajstić information content (AvgIpc) is 2.72. The maximum Gasteiger partial charge on any atom is 0.216 e. The lowest BCUT2D eigenvalue weighted by Crippen LogP contribution is -1.96. The van der Waals surface area contributed by atoms with Crippen LogP contribution in [0.3, 0.4) is 0 Å². The fourth-order valence-electron chi connectivity index (χ4n) is 2.56. The number of benzene rings is 3. The summed E-state index contributed by atoms with van der Waals surface area (Å²) >= 11 is 25.5. The summed E-state index contributed by atoms with van der Waals surface area (Å²) in [5.41, 5.74) is 1.80. The Morgan fingerprint density at radius 3 is 1.52 bits per heavy atom. The largest absolute Gasteiger partial charge is 0.328 e. The minimum absolute atomic E-state index is 0.318. The molecule has 0 aliphatic heterocycles. The highest BCUT2D eigenvalue weighted by atomic mass is 35.5. The van der Waals surface area contributed by atoms with E-state index in [2.05, 4.69) is 5.09 Å². The zero-order chi connectivity index (χ0) is 20.9. The summed E-state index contributed by atoms with van der Waals surface area (Å²) in [7, 11) is -3.45. The molecular formula is C22H16Cl4NOP. The first-order valence-electron chi connectivity index (χ1n) is 8.57. The third-order valence-electron chi connectivity index (χ3n) is 3.96. The van der Waals surface area contributed by atoms with Gasteiger partial charge in [0.05, 0.1) is 25.8 Å². The van der Waals surface area contributed by atoms with Crippen molar-refractivity contribution < 1.29 is 4.57 Å². The van der Waals surface area contributed by atoms with Crippen LogP contribution in [0.1, 0.15) is 11.1 Å². The molecule has 0 saturated carbocycles. The number of rotatable bonds is 6. The lowest BCUT2D eigenvalue weighted by atomic mass is 10.2. The Balaban J connectivity index is 2.09. The summed E-state index contributed by atoms with van der Waals surface area (Å²) in [5.74, 6) is 2.91. The summed E-state index contributed by atoms with van der Waals surface area (Å²) in [6.45, 7) is 0. The molecule has 2 nitrogen and oxygen atoms in total. The molecule has 3 rings (SSSR count). The molecule has 1 unspecified atom stereocenters. The van der Waals surface area contributed by atoms with Crippen LogP contribution in [-0.4, -0.2) is 0 Å². The van der Waals surface area contributed by atoms with Crippen molar-refractivity contribution in [2.45, 2.75) is 0 Å². The van der Waals surface area contributed by atoms with Gasteiger partial charge in [-0.3, -0.25) is 4.57 Å². The molecule has 0 aliphatic rings. The summed E-state index contributed by atoms with van der Waals surface area (Å²) in [6, 6.07) is 23.5. The molecular weight excluding hydrogens is 467 g/mol. The van der Waals surface area contributed by atoms with Gasteiger partial charge in [-0.25, -0.2) is 0 Å². The van der Waals surface area contributed by atoms with E-state index in [9.17, 15) is 4.57 Å². The third kappa shape index (κ3) is 5.92. The molecule has 1 atom stereocenters. The second kappa shape index (κ2) is 9.89. The van der Waals surface area contributed by atoms with Crippen LogP contribution < -0.4 is 5.09 Å². The number of anilines is 1. The van der Waals surface area contributed by atoms with Gasteiger partial charge in [0.1, 0.15) is 0 Å². The van der Waals surface area contributed by atoms with Gasteiger partial charge in [-0.1, -0.05) is 113 Å². The fraction of sp³-hybridized carbons (Fsp3) is 0. The first-order valence-corrected chi connectivity index (χ1v) is 11.9. The van der Waals surface area contributed by atoms with Crippen LogP contribution in [0, 0.1) is 0 Å². The van der Waals surface area contributed by atoms with Crippen molar-refractivity contribution in [3.8, 4) is 0 Å². The Morgan fingerprint density at radius 1 is 0.690 bits per heavy atom. The van der Waals surface area contributed by atoms with Crippen molar-refractivity contribution in [1.82, 2.24) is 0 Å². The maximum atomic E-state index is 13.9. The minimum Gasteiger partial charge on any atom is -0.328 e. The zero-order valence-corrected chi connectivity index (χ0v) is 18.9. The van der Waals surface area contributed by atoms with Crippen molar-refractivity contribution >= 4 is 69.4 Å². The van der Waals surface area contributed by atoms with Gasteiger partial charge in [0.15, 0.2) is 0 Å². The predicted molar refractivity (Wildman–Crippen MR) is 128 cm³/mol. The fourth-order valence-corrected chi connectivity index (χ4v) is 6.07. The number of para-hydroxylation sites is 1. The molecule has 7 heteroatoms. The van der Waals surface area contributed by atoms with E-state index in [0.717, 1.165) is 11.1 Å². The van der Waals surface area contributed by atoms with Gasteiger partial charge in [-0.05, 0) is 23.3 Å². The topological polar surface area (TPSA) is 29.1 Å². The van der Waals surface area contributed by atoms with Crippen LogP contribution in [0.25, 0.3) is 10.1 Å². The Kier molecular flexibility index (Phi) is 7.51. The van der Waals surface area contributed by atoms with E-state index in [1.165, 1.54) is 11.6 Å². The maximum absolute atomic E-state index is 13.9. The van der Waals surface area contributed by atoms with Crippen LogP contribution in [0.5, 0.6) is 0 Å². The van der Waals surface area contributed by atoms with E-state index in [-0.39, 0.29) is 0 Å². The molecule has 0 bridgehead atoms. The molecule has 29 heavy (non-hydrogen) atoms. The zero-order valence-electron chi connectivity index (χ0n) is 15.0. The summed E-state index contributed by atoms with van der Waals surface area (Å²) in [6.07, 6.45) is 0. The molecule has 0 aliphatic carbocycles. The lowest BCUT2D eigenvalue weighted by molar-refractivity contribution is 0.589. The van der Waals surface area contributed by atoms with Gasteiger partial charge < -0.3 is 5.09 Å². The normalized spacial score (nSPS) is 14.3. The van der Waals surface area contributed by atoms with Crippen molar-refractivity contribution in [2.75, 3.05) is 5.09 Å². The van der Waals surface area contributed by atoms with E-state index in [4.69, 9.17) is 46.4 Å². The van der Waals surface area contributed by atoms with E-state index < -0.39 is 7.29 Å². The monoisotopic (exact) mass is 481 g/mol. The van der Waals surface area contributed by atoms with Crippen molar-refractivity contribution in [3.05, 3.63) is 112 Å². The number of halogens is 4. The minimum atomic E-state index is -3.45. The van der Waals surface area contributed by atoms with Crippen molar-refractivity contribution in [3.63, 3.8) is 0 Å². The quantitative estimate of drug-likeness (QED) is 0.355. The highest BCUT2D eigenvalue weighted by molar-refractivity contribution is 7.72. The molecule has 0 amide bonds. The Morgan fingerprint density at radius 2 is 1.10 bits per heavy atom. The molecule has 0 heterocycles. The molecule has 1 N–H and O–H groups in total. The molecule has 0 saturated heterocycles. The lowest BCUT2D eigenvalue weighted by Gasteiger charge is -2.18. The molecule has 0 spiro atoms. The van der Waals surface area contributed by atoms with Gasteiger partial charge in [0.2, 0.25) is 7.29 Å². The van der Waals surface area contributed by atoms with Crippen LogP contribution in [0.4, 0.5) is 5.69 Å². The SMILES string of the molecule is O=P(/C=C(\Cl)c1ccccc1)(/C=C(/Cl)c1ccccc1)Nc1c(Cl)cccc1Cl. The van der Waals surface area contributed by atoms with Gasteiger partial charge in [0.25, 0.3) is 0 Å². The third-order valence-corrected chi connectivity index (χ3v) is 7.40. The van der Waals surface area contributed by atoms with Crippen molar-refractivity contribution in [1.29, 1.82) is 0 Å². The van der Waals surface area contributed by atoms with Crippen LogP contribution in [0.15, 0.2) is 90.5 Å². The van der Waals surface area contributed by atoms with Crippen LogP contribution in [0.2, 0.25) is 10.0 Å². The first-order chi connectivity index (χ1) is 13.9. The standard InChI is InChI=1S/C22H16Cl4NOP/c23-18-12-7-13-19(24)22(18)27-29(28,14-20(25)16-8-3-1-4-9-16)15-21(26)17-10-5-2-6-11-17/h1-15H,(H,27,28)/b20-14-,21-15+. The Labute approximate surface area is 190 Å². The van der Waals surface area contributed by atoms with Gasteiger partial charge in [0, 0.05) is 11.6 Å². The van der Waals surface area contributed by atoms with Gasteiger partial charge in [-0.2, -0.15) is 0 Å². The second-order valence-corrected chi connectivity index (χ2v) is 9.89. The highest BCUT2D eigenvalue weighted by Gasteiger charge is 2.22. The molecule has 0 fully saturated rings. The van der Waals surface area contributed by atoms with Crippen LogP contribution >= 0.6 is 53.7 Å². The van der Waals surface area contributed by atoms with Gasteiger partial charge >= 0.3 is 0 Å². The van der Waals surface area contributed by atoms with Crippen LogP contribution in [-0.2, 0) is 4.57 Å². The molecule has 3 aromatic carbocycles. The number of hydrogen-bond acceptors (Lipinski definition) is 1. The predicted octanol–water partition coefficient (Wildman–Crippen LogP) is 9.16. The molecule has 148 valence electrons. The highest BCUT2D eigenvalue weighted by Crippen LogP contribution is 2.55. The van der Waals surface area contributed by atoms with Gasteiger partial charge in [-0.15, -0.1) is 0 Å². The molecule has 0 radical (unpaired) electrons. The Bertz CT molecular complexity index is 1020. The number of nitrogens with one attached hydrogen (secondary N) is 1. The summed E-state index contributed by atoms with van der Waals surface area (Å²) in [4.78, 5) is 0. The smallest absolute Gasteiger partial charge is 0.216 e. The number of hydrogen-bond donors (Lipinski definition) is 1. The Hall–Kier alpha value is -1.67. The first kappa shape index (κ1) is 22.0.